The summed E-state index contributed by atoms with van der Waals surface area (Å²) in [5.41, 5.74) is -0.0900. The Bertz CT molecular complexity index is 1060. The van der Waals surface area contributed by atoms with Gasteiger partial charge in [0.2, 0.25) is 15.9 Å². The lowest BCUT2D eigenvalue weighted by molar-refractivity contribution is -0.122. The van der Waals surface area contributed by atoms with Crippen LogP contribution >= 0.6 is 0 Å². The van der Waals surface area contributed by atoms with E-state index in [1.807, 2.05) is 4.90 Å². The van der Waals surface area contributed by atoms with Gasteiger partial charge in [-0.05, 0) is 36.5 Å². The minimum atomic E-state index is -4.59. The fourth-order valence-corrected chi connectivity index (χ4v) is 6.55. The smallest absolute Gasteiger partial charge is 0.351 e. The van der Waals surface area contributed by atoms with Crippen molar-refractivity contribution in [2.24, 2.45) is 5.92 Å². The number of benzene rings is 1. The molecule has 1 unspecified atom stereocenters. The van der Waals surface area contributed by atoms with Crippen molar-refractivity contribution in [2.75, 3.05) is 19.6 Å². The van der Waals surface area contributed by atoms with Crippen molar-refractivity contribution in [3.8, 4) is 0 Å². The molecule has 1 aromatic rings. The highest BCUT2D eigenvalue weighted by atomic mass is 32.2. The Labute approximate surface area is 203 Å². The normalized spacial score (nSPS) is 22.3. The number of sulfonamides is 1. The molecule has 1 fully saturated rings. The predicted octanol–water partition coefficient (Wildman–Crippen LogP) is 3.67. The number of nitrogens with zero attached hydrogens (tertiary/aromatic N) is 1. The third-order valence-corrected chi connectivity index (χ3v) is 9.06. The van der Waals surface area contributed by atoms with Crippen LogP contribution in [0.2, 0.25) is 0 Å². The second kappa shape index (κ2) is 10.8. The summed E-state index contributed by atoms with van der Waals surface area (Å²) in [6, 6.07) is 5.39. The maximum Gasteiger partial charge on any atom is 0.412 e. The molecule has 1 aromatic carbocycles. The number of alkyl halides is 3. The van der Waals surface area contributed by atoms with E-state index in [1.165, 1.54) is 24.3 Å². The summed E-state index contributed by atoms with van der Waals surface area (Å²) in [6.45, 7) is 4.56. The highest BCUT2D eigenvalue weighted by Gasteiger charge is 2.50. The van der Waals surface area contributed by atoms with Gasteiger partial charge < -0.3 is 5.32 Å². The molecule has 1 aliphatic heterocycles. The van der Waals surface area contributed by atoms with E-state index in [2.05, 4.69) is 10.0 Å². The Morgan fingerprint density at radius 1 is 1.17 bits per heavy atom. The number of nitrogens with one attached hydrogen (secondary N) is 2. The predicted molar refractivity (Wildman–Crippen MR) is 125 cm³/mol. The minimum Gasteiger partial charge on any atom is -0.351 e. The lowest BCUT2D eigenvalue weighted by Crippen LogP contribution is -2.55. The summed E-state index contributed by atoms with van der Waals surface area (Å²) in [5.74, 6) is -1.13. The number of amides is 1. The Morgan fingerprint density at radius 2 is 1.80 bits per heavy atom. The van der Waals surface area contributed by atoms with Crippen LogP contribution in [0, 0.1) is 11.7 Å². The molecule has 3 rings (SSSR count). The van der Waals surface area contributed by atoms with Gasteiger partial charge >= 0.3 is 6.18 Å². The van der Waals surface area contributed by atoms with E-state index >= 15 is 0 Å². The van der Waals surface area contributed by atoms with Crippen molar-refractivity contribution in [1.29, 1.82) is 0 Å². The van der Waals surface area contributed by atoms with Gasteiger partial charge in [0.1, 0.15) is 10.6 Å². The molecule has 0 aromatic heterocycles. The van der Waals surface area contributed by atoms with E-state index in [0.717, 1.165) is 11.6 Å². The third kappa shape index (κ3) is 6.71. The third-order valence-electron chi connectivity index (χ3n) is 6.66. The average Bonchev–Trinajstić information content (AvgIpc) is 2.79. The largest absolute Gasteiger partial charge is 0.412 e. The maximum absolute atomic E-state index is 13.3. The van der Waals surface area contributed by atoms with E-state index in [1.54, 1.807) is 26.0 Å². The Kier molecular flexibility index (Phi) is 8.44. The topological polar surface area (TPSA) is 78.5 Å². The molecule has 0 radical (unpaired) electrons. The summed E-state index contributed by atoms with van der Waals surface area (Å²) >= 11 is 0. The molecule has 0 spiro atoms. The zero-order valence-electron chi connectivity index (χ0n) is 19.7. The quantitative estimate of drug-likeness (QED) is 0.516. The van der Waals surface area contributed by atoms with Crippen LogP contribution in [0.3, 0.4) is 0 Å². The van der Waals surface area contributed by atoms with Crippen LogP contribution < -0.4 is 10.0 Å². The maximum atomic E-state index is 13.3. The highest BCUT2D eigenvalue weighted by molar-refractivity contribution is 7.91. The number of piperidine rings is 1. The van der Waals surface area contributed by atoms with Crippen molar-refractivity contribution >= 4 is 15.9 Å². The number of rotatable bonds is 8. The lowest BCUT2D eigenvalue weighted by atomic mass is 9.84. The van der Waals surface area contributed by atoms with E-state index < -0.39 is 44.9 Å². The van der Waals surface area contributed by atoms with E-state index in [0.29, 0.717) is 25.9 Å². The molecule has 1 atom stereocenters. The van der Waals surface area contributed by atoms with Crippen LogP contribution in [-0.4, -0.2) is 55.8 Å². The first kappa shape index (κ1) is 27.3. The van der Waals surface area contributed by atoms with Crippen molar-refractivity contribution in [3.63, 3.8) is 0 Å². The van der Waals surface area contributed by atoms with Gasteiger partial charge in [0.25, 0.3) is 0 Å². The Balaban J connectivity index is 1.53. The van der Waals surface area contributed by atoms with Gasteiger partial charge in [0.15, 0.2) is 0 Å². The molecule has 194 valence electrons. The summed E-state index contributed by atoms with van der Waals surface area (Å²) in [6.07, 6.45) is -0.894. The molecular formula is C24H31F4N3O3S. The van der Waals surface area contributed by atoms with E-state index in [9.17, 15) is 30.8 Å². The Morgan fingerprint density at radius 3 is 2.37 bits per heavy atom. The number of likely N-dealkylation sites (tertiary alicyclic amines) is 1. The SMILES string of the molecule is CC(C)C1(S(=O)(=O)NC2CCN(CC(=O)NCc3ccc(F)cc3)CC2)C=CC=C(C(F)(F)F)C1. The summed E-state index contributed by atoms with van der Waals surface area (Å²) < 4.78 is 80.6. The number of carbonyl (C=O) groups excluding carboxylic acids is 1. The number of allylic oxidation sites excluding steroid dienone is 3. The summed E-state index contributed by atoms with van der Waals surface area (Å²) in [7, 11) is -4.12. The van der Waals surface area contributed by atoms with Crippen molar-refractivity contribution in [1.82, 2.24) is 14.9 Å². The fraction of sp³-hybridized carbons (Fsp3) is 0.542. The molecule has 6 nitrogen and oxygen atoms in total. The van der Waals surface area contributed by atoms with Crippen LogP contribution in [0.1, 0.15) is 38.7 Å². The summed E-state index contributed by atoms with van der Waals surface area (Å²) in [5, 5.41) is 2.77. The van der Waals surface area contributed by atoms with Gasteiger partial charge in [-0.2, -0.15) is 13.2 Å². The first-order chi connectivity index (χ1) is 16.3. The minimum absolute atomic E-state index is 0.138. The number of hydrogen-bond acceptors (Lipinski definition) is 4. The molecule has 35 heavy (non-hydrogen) atoms. The van der Waals surface area contributed by atoms with Crippen molar-refractivity contribution < 1.29 is 30.8 Å². The van der Waals surface area contributed by atoms with Crippen LogP contribution in [0.4, 0.5) is 17.6 Å². The van der Waals surface area contributed by atoms with Crippen LogP contribution in [-0.2, 0) is 21.4 Å². The number of halogens is 4. The second-order valence-corrected chi connectivity index (χ2v) is 11.4. The van der Waals surface area contributed by atoms with Gasteiger partial charge in [-0.15, -0.1) is 0 Å². The molecule has 2 aliphatic rings. The first-order valence-electron chi connectivity index (χ1n) is 11.5. The lowest BCUT2D eigenvalue weighted by Gasteiger charge is -2.39. The molecule has 1 heterocycles. The molecular weight excluding hydrogens is 486 g/mol. The van der Waals surface area contributed by atoms with Gasteiger partial charge in [-0.3, -0.25) is 9.69 Å². The molecule has 1 amide bonds. The van der Waals surface area contributed by atoms with Crippen LogP contribution in [0.5, 0.6) is 0 Å². The van der Waals surface area contributed by atoms with Crippen LogP contribution in [0.15, 0.2) is 48.1 Å². The molecule has 2 N–H and O–H groups in total. The van der Waals surface area contributed by atoms with Gasteiger partial charge in [0.05, 0.1) is 6.54 Å². The van der Waals surface area contributed by atoms with Gasteiger partial charge in [-0.25, -0.2) is 17.5 Å². The second-order valence-electron chi connectivity index (χ2n) is 9.41. The van der Waals surface area contributed by atoms with Gasteiger partial charge in [0, 0.05) is 37.7 Å². The first-order valence-corrected chi connectivity index (χ1v) is 13.0. The zero-order valence-corrected chi connectivity index (χ0v) is 20.6. The van der Waals surface area contributed by atoms with Crippen molar-refractivity contribution in [3.05, 3.63) is 59.4 Å². The summed E-state index contributed by atoms with van der Waals surface area (Å²) in [4.78, 5) is 14.2. The average molecular weight is 518 g/mol. The monoisotopic (exact) mass is 517 g/mol. The molecule has 0 bridgehead atoms. The zero-order chi connectivity index (χ0) is 25.9. The molecule has 0 saturated carbocycles. The van der Waals surface area contributed by atoms with E-state index in [4.69, 9.17) is 0 Å². The van der Waals surface area contributed by atoms with E-state index in [-0.39, 0.29) is 24.8 Å². The molecule has 1 saturated heterocycles. The highest BCUT2D eigenvalue weighted by Crippen LogP contribution is 2.42. The number of hydrogen-bond donors (Lipinski definition) is 2. The molecule has 11 heteroatoms. The molecule has 1 aliphatic carbocycles. The standard InChI is InChI=1S/C24H31F4N3O3S/c1-17(2)23(11-3-4-19(14-23)24(26,27)28)35(33,34)30-21-9-12-31(13-10-21)16-22(32)29-15-18-5-7-20(25)8-6-18/h3-8,11,17,21,30H,9-10,12-16H2,1-2H3,(H,29,32). The van der Waals surface area contributed by atoms with Gasteiger partial charge in [-0.1, -0.05) is 44.2 Å². The number of carbonyl (C=O) groups is 1. The fourth-order valence-electron chi connectivity index (χ4n) is 4.43. The van der Waals surface area contributed by atoms with Crippen molar-refractivity contribution in [2.45, 2.75) is 56.6 Å². The Hall–Kier alpha value is -2.24. The van der Waals surface area contributed by atoms with Crippen LogP contribution in [0.25, 0.3) is 0 Å².